The first-order valence-electron chi connectivity index (χ1n) is 8.48. The monoisotopic (exact) mass is 396 g/mol. The van der Waals surface area contributed by atoms with Crippen LogP contribution in [-0.2, 0) is 14.8 Å². The molecule has 144 valence electrons. The van der Waals surface area contributed by atoms with E-state index < -0.39 is 10.0 Å². The van der Waals surface area contributed by atoms with Crippen LogP contribution in [0.3, 0.4) is 0 Å². The van der Waals surface area contributed by atoms with Crippen molar-refractivity contribution in [2.75, 3.05) is 19.4 Å². The number of amides is 1. The highest BCUT2D eigenvalue weighted by atomic mass is 32.2. The Morgan fingerprint density at radius 3 is 2.57 bits per heavy atom. The number of para-hydroxylation sites is 1. The van der Waals surface area contributed by atoms with Crippen molar-refractivity contribution in [3.8, 4) is 5.69 Å². The Morgan fingerprint density at radius 2 is 1.86 bits per heavy atom. The minimum absolute atomic E-state index is 0.114. The van der Waals surface area contributed by atoms with E-state index >= 15 is 0 Å². The summed E-state index contributed by atoms with van der Waals surface area (Å²) < 4.78 is 27.2. The molecule has 0 unspecified atom stereocenters. The maximum atomic E-state index is 12.2. The first-order valence-corrected chi connectivity index (χ1v) is 9.92. The quantitative estimate of drug-likeness (QED) is 0.650. The van der Waals surface area contributed by atoms with Crippen LogP contribution in [-0.4, -0.2) is 42.5 Å². The lowest BCUT2D eigenvalue weighted by molar-refractivity contribution is -0.111. The molecule has 0 aliphatic heterocycles. The minimum atomic E-state index is -3.56. The van der Waals surface area contributed by atoms with Crippen molar-refractivity contribution in [2.45, 2.75) is 4.90 Å². The van der Waals surface area contributed by atoms with Crippen LogP contribution in [0.1, 0.15) is 5.56 Å². The summed E-state index contributed by atoms with van der Waals surface area (Å²) in [6.07, 6.45) is 6.48. The molecule has 1 heterocycles. The number of rotatable bonds is 6. The fraction of sp³-hybridized carbons (Fsp3) is 0.100. The van der Waals surface area contributed by atoms with E-state index in [1.807, 2.05) is 36.5 Å². The maximum absolute atomic E-state index is 12.2. The number of sulfonamides is 1. The molecule has 1 aromatic heterocycles. The summed E-state index contributed by atoms with van der Waals surface area (Å²) in [6.45, 7) is 0. The molecule has 8 heteroatoms. The van der Waals surface area contributed by atoms with Crippen LogP contribution >= 0.6 is 0 Å². The second-order valence-electron chi connectivity index (χ2n) is 6.19. The summed E-state index contributed by atoms with van der Waals surface area (Å²) in [5, 5.41) is 6.93. The zero-order valence-corrected chi connectivity index (χ0v) is 16.3. The number of benzene rings is 2. The summed E-state index contributed by atoms with van der Waals surface area (Å²) in [6, 6.07) is 15.8. The van der Waals surface area contributed by atoms with Crippen molar-refractivity contribution >= 4 is 27.7 Å². The van der Waals surface area contributed by atoms with Crippen LogP contribution in [0.4, 0.5) is 5.69 Å². The molecule has 0 aliphatic carbocycles. The SMILES string of the molecule is CN(C)S(=O)(=O)c1cccc(NC(=O)/C=C/c2cnn(-c3ccccc3)c2)c1. The van der Waals surface area contributed by atoms with E-state index in [1.54, 1.807) is 29.1 Å². The third-order valence-corrected chi connectivity index (χ3v) is 5.74. The predicted molar refractivity (Wildman–Crippen MR) is 109 cm³/mol. The highest BCUT2D eigenvalue weighted by Gasteiger charge is 2.17. The lowest BCUT2D eigenvalue weighted by Crippen LogP contribution is -2.22. The molecule has 0 saturated heterocycles. The average Bonchev–Trinajstić information content (AvgIpc) is 3.16. The molecule has 28 heavy (non-hydrogen) atoms. The van der Waals surface area contributed by atoms with Gasteiger partial charge < -0.3 is 5.32 Å². The third-order valence-electron chi connectivity index (χ3n) is 3.93. The molecule has 3 aromatic rings. The molecule has 3 rings (SSSR count). The molecule has 2 aromatic carbocycles. The molecule has 1 amide bonds. The van der Waals surface area contributed by atoms with E-state index in [0.717, 1.165) is 15.6 Å². The van der Waals surface area contributed by atoms with E-state index in [-0.39, 0.29) is 10.8 Å². The molecule has 7 nitrogen and oxygen atoms in total. The van der Waals surface area contributed by atoms with Gasteiger partial charge >= 0.3 is 0 Å². The Labute approximate surface area is 164 Å². The fourth-order valence-electron chi connectivity index (χ4n) is 2.45. The molecule has 0 atom stereocenters. The van der Waals surface area contributed by atoms with Crippen LogP contribution in [0.5, 0.6) is 0 Å². The average molecular weight is 396 g/mol. The Kier molecular flexibility index (Phi) is 5.72. The summed E-state index contributed by atoms with van der Waals surface area (Å²) in [5.74, 6) is -0.369. The summed E-state index contributed by atoms with van der Waals surface area (Å²) in [5.41, 5.74) is 2.09. The van der Waals surface area contributed by atoms with Gasteiger partial charge in [-0.25, -0.2) is 17.4 Å². The number of carbonyl (C=O) groups excluding carboxylic acids is 1. The minimum Gasteiger partial charge on any atom is -0.322 e. The lowest BCUT2D eigenvalue weighted by Gasteiger charge is -2.12. The van der Waals surface area contributed by atoms with Crippen LogP contribution < -0.4 is 5.32 Å². The van der Waals surface area contributed by atoms with Crippen molar-refractivity contribution in [2.24, 2.45) is 0 Å². The normalized spacial score (nSPS) is 11.8. The van der Waals surface area contributed by atoms with Gasteiger partial charge in [0.25, 0.3) is 0 Å². The zero-order valence-electron chi connectivity index (χ0n) is 15.5. The van der Waals surface area contributed by atoms with Gasteiger partial charge in [-0.05, 0) is 36.4 Å². The third kappa shape index (κ3) is 4.54. The van der Waals surface area contributed by atoms with Gasteiger partial charge in [0.15, 0.2) is 0 Å². The van der Waals surface area contributed by atoms with E-state index in [4.69, 9.17) is 0 Å². The van der Waals surface area contributed by atoms with Gasteiger partial charge in [0.2, 0.25) is 15.9 Å². The molecular weight excluding hydrogens is 376 g/mol. The van der Waals surface area contributed by atoms with Crippen molar-refractivity contribution in [1.29, 1.82) is 0 Å². The fourth-order valence-corrected chi connectivity index (χ4v) is 3.39. The second kappa shape index (κ2) is 8.20. The lowest BCUT2D eigenvalue weighted by atomic mass is 10.3. The topological polar surface area (TPSA) is 84.3 Å². The second-order valence-corrected chi connectivity index (χ2v) is 8.34. The molecule has 0 spiro atoms. The Bertz CT molecular complexity index is 1100. The Hall–Kier alpha value is -3.23. The number of hydrogen-bond donors (Lipinski definition) is 1. The largest absolute Gasteiger partial charge is 0.322 e. The molecule has 0 saturated carbocycles. The van der Waals surface area contributed by atoms with E-state index in [1.165, 1.54) is 32.3 Å². The van der Waals surface area contributed by atoms with Crippen LogP contribution in [0.15, 0.2) is 78.0 Å². The first-order chi connectivity index (χ1) is 13.4. The van der Waals surface area contributed by atoms with E-state index in [2.05, 4.69) is 10.4 Å². The van der Waals surface area contributed by atoms with Gasteiger partial charge in [-0.2, -0.15) is 5.10 Å². The van der Waals surface area contributed by atoms with Gasteiger partial charge in [-0.1, -0.05) is 24.3 Å². The molecule has 0 bridgehead atoms. The summed E-state index contributed by atoms with van der Waals surface area (Å²) in [4.78, 5) is 12.3. The number of anilines is 1. The van der Waals surface area contributed by atoms with Gasteiger partial charge in [-0.3, -0.25) is 4.79 Å². The van der Waals surface area contributed by atoms with Crippen molar-refractivity contribution < 1.29 is 13.2 Å². The van der Waals surface area contributed by atoms with Gasteiger partial charge in [0.1, 0.15) is 0 Å². The van der Waals surface area contributed by atoms with Crippen molar-refractivity contribution in [3.05, 3.63) is 78.6 Å². The van der Waals surface area contributed by atoms with Crippen LogP contribution in [0, 0.1) is 0 Å². The van der Waals surface area contributed by atoms with Gasteiger partial charge in [0, 0.05) is 37.6 Å². The Morgan fingerprint density at radius 1 is 1.11 bits per heavy atom. The number of aromatic nitrogens is 2. The smallest absolute Gasteiger partial charge is 0.248 e. The maximum Gasteiger partial charge on any atom is 0.248 e. The molecule has 0 fully saturated rings. The zero-order chi connectivity index (χ0) is 20.1. The standard InChI is InChI=1S/C20H20N4O3S/c1-23(2)28(26,27)19-10-6-7-17(13-19)22-20(25)12-11-16-14-21-24(15-16)18-8-4-3-5-9-18/h3-15H,1-2H3,(H,22,25)/b12-11+. The molecular formula is C20H20N4O3S. The number of carbonyl (C=O) groups is 1. The number of hydrogen-bond acceptors (Lipinski definition) is 4. The summed E-state index contributed by atoms with van der Waals surface area (Å²) >= 11 is 0. The predicted octanol–water partition coefficient (Wildman–Crippen LogP) is 2.77. The summed E-state index contributed by atoms with van der Waals surface area (Å²) in [7, 11) is -0.647. The van der Waals surface area contributed by atoms with Crippen LogP contribution in [0.2, 0.25) is 0 Å². The number of nitrogens with zero attached hydrogens (tertiary/aromatic N) is 3. The van der Waals surface area contributed by atoms with E-state index in [9.17, 15) is 13.2 Å². The molecule has 0 radical (unpaired) electrons. The first kappa shape index (κ1) is 19.5. The van der Waals surface area contributed by atoms with Gasteiger partial charge in [0.05, 0.1) is 16.8 Å². The van der Waals surface area contributed by atoms with Crippen LogP contribution in [0.25, 0.3) is 11.8 Å². The molecule has 1 N–H and O–H groups in total. The van der Waals surface area contributed by atoms with Crippen molar-refractivity contribution in [3.63, 3.8) is 0 Å². The Balaban J connectivity index is 1.69. The highest BCUT2D eigenvalue weighted by Crippen LogP contribution is 2.18. The number of nitrogens with one attached hydrogen (secondary N) is 1. The van der Waals surface area contributed by atoms with E-state index in [0.29, 0.717) is 5.69 Å². The van der Waals surface area contributed by atoms with Crippen molar-refractivity contribution in [1.82, 2.24) is 14.1 Å². The van der Waals surface area contributed by atoms with Gasteiger partial charge in [-0.15, -0.1) is 0 Å². The highest BCUT2D eigenvalue weighted by molar-refractivity contribution is 7.89. The molecule has 0 aliphatic rings.